The van der Waals surface area contributed by atoms with Crippen LogP contribution in [-0.4, -0.2) is 11.8 Å². The fourth-order valence-corrected chi connectivity index (χ4v) is 0.414. The molecule has 0 aliphatic carbocycles. The smallest absolute Gasteiger partial charge is 0.219 e. The number of carbonyl (C=O) groups is 2. The van der Waals surface area contributed by atoms with Crippen molar-refractivity contribution in [2.75, 3.05) is 0 Å². The largest absolute Gasteiger partial charge is 0.293 e. The summed E-state index contributed by atoms with van der Waals surface area (Å²) >= 11 is 0. The van der Waals surface area contributed by atoms with Crippen molar-refractivity contribution in [1.82, 2.24) is 0 Å². The van der Waals surface area contributed by atoms with E-state index in [0.717, 1.165) is 0 Å². The fourth-order valence-electron chi connectivity index (χ4n) is 0.414. The second kappa shape index (κ2) is 5.72. The number of amides is 2. The van der Waals surface area contributed by atoms with Gasteiger partial charge < -0.3 is 0 Å². The maximum absolute atomic E-state index is 10.4. The van der Waals surface area contributed by atoms with E-state index in [0.29, 0.717) is 0 Å². The van der Waals surface area contributed by atoms with E-state index < -0.39 is 11.8 Å². The van der Waals surface area contributed by atoms with Crippen molar-refractivity contribution in [3.63, 3.8) is 0 Å². The van der Waals surface area contributed by atoms with Gasteiger partial charge in [-0.2, -0.15) is 0 Å². The highest BCUT2D eigenvalue weighted by Gasteiger charge is 2.02. The summed E-state index contributed by atoms with van der Waals surface area (Å²) in [6.45, 7) is 0. The summed E-state index contributed by atoms with van der Waals surface area (Å²) in [5.41, 5.74) is 15.6. The zero-order valence-corrected chi connectivity index (χ0v) is 5.91. The molecular formula is C4H4N6O2. The normalized spacial score (nSPS) is 7.67. The van der Waals surface area contributed by atoms with E-state index >= 15 is 0 Å². The standard InChI is InChI=1S/C4H4N6O2/c5-9-7-3(11)1-2-4(12)8-10-6/h1-2H2. The Kier molecular flexibility index (Phi) is 4.75. The van der Waals surface area contributed by atoms with E-state index in [4.69, 9.17) is 11.1 Å². The van der Waals surface area contributed by atoms with Crippen molar-refractivity contribution < 1.29 is 9.59 Å². The Morgan fingerprint density at radius 2 is 1.33 bits per heavy atom. The summed E-state index contributed by atoms with van der Waals surface area (Å²) in [6, 6.07) is 0. The van der Waals surface area contributed by atoms with E-state index in [1.807, 2.05) is 0 Å². The van der Waals surface area contributed by atoms with Crippen LogP contribution in [0.4, 0.5) is 0 Å². The second-order valence-electron chi connectivity index (χ2n) is 1.67. The molecule has 0 heterocycles. The van der Waals surface area contributed by atoms with Crippen molar-refractivity contribution >= 4 is 11.8 Å². The maximum Gasteiger partial charge on any atom is 0.219 e. The zero-order valence-electron chi connectivity index (χ0n) is 5.91. The lowest BCUT2D eigenvalue weighted by molar-refractivity contribution is -0.123. The lowest BCUT2D eigenvalue weighted by atomic mass is 10.3. The molecule has 0 aliphatic rings. The van der Waals surface area contributed by atoms with Crippen molar-refractivity contribution in [2.24, 2.45) is 10.2 Å². The van der Waals surface area contributed by atoms with E-state index in [1.165, 1.54) is 0 Å². The highest BCUT2D eigenvalue weighted by Crippen LogP contribution is 1.95. The minimum absolute atomic E-state index is 0.234. The Morgan fingerprint density at radius 1 is 1.00 bits per heavy atom. The lowest BCUT2D eigenvalue weighted by Gasteiger charge is -1.87. The number of azide groups is 2. The van der Waals surface area contributed by atoms with E-state index in [9.17, 15) is 9.59 Å². The van der Waals surface area contributed by atoms with Gasteiger partial charge in [0.25, 0.3) is 0 Å². The maximum atomic E-state index is 10.4. The van der Waals surface area contributed by atoms with Crippen LogP contribution in [0.25, 0.3) is 20.9 Å². The predicted octanol–water partition coefficient (Wildman–Crippen LogP) is 1.44. The van der Waals surface area contributed by atoms with Crippen LogP contribution < -0.4 is 0 Å². The van der Waals surface area contributed by atoms with Gasteiger partial charge in [0.1, 0.15) is 0 Å². The number of hydrogen-bond acceptors (Lipinski definition) is 2. The van der Waals surface area contributed by atoms with Gasteiger partial charge in [0.15, 0.2) is 0 Å². The molecule has 0 aromatic rings. The quantitative estimate of drug-likeness (QED) is 0.358. The molecule has 2 amide bonds. The molecule has 0 unspecified atom stereocenters. The molecule has 0 aromatic carbocycles. The van der Waals surface area contributed by atoms with Gasteiger partial charge in [0, 0.05) is 22.7 Å². The molecule has 0 aliphatic heterocycles. The van der Waals surface area contributed by atoms with Gasteiger partial charge in [-0.1, -0.05) is 0 Å². The van der Waals surface area contributed by atoms with Gasteiger partial charge >= 0.3 is 0 Å². The van der Waals surface area contributed by atoms with Crippen LogP contribution in [0.1, 0.15) is 12.8 Å². The number of hydrogen-bond donors (Lipinski definition) is 0. The first-order valence-corrected chi connectivity index (χ1v) is 2.86. The first kappa shape index (κ1) is 9.96. The van der Waals surface area contributed by atoms with Crippen molar-refractivity contribution in [3.8, 4) is 0 Å². The second-order valence-corrected chi connectivity index (χ2v) is 1.67. The lowest BCUT2D eigenvalue weighted by Crippen LogP contribution is -1.97. The van der Waals surface area contributed by atoms with Gasteiger partial charge in [-0.15, -0.1) is 0 Å². The molecule has 0 rings (SSSR count). The molecular weight excluding hydrogens is 164 g/mol. The minimum atomic E-state index is -0.751. The van der Waals surface area contributed by atoms with E-state index in [1.54, 1.807) is 0 Å². The van der Waals surface area contributed by atoms with Gasteiger partial charge in [-0.25, -0.2) is 0 Å². The molecule has 8 nitrogen and oxygen atoms in total. The molecule has 0 fully saturated rings. The van der Waals surface area contributed by atoms with Crippen LogP contribution >= 0.6 is 0 Å². The van der Waals surface area contributed by atoms with Gasteiger partial charge in [0.2, 0.25) is 11.8 Å². The summed E-state index contributed by atoms with van der Waals surface area (Å²) in [5, 5.41) is 5.42. The first-order valence-electron chi connectivity index (χ1n) is 2.86. The number of carbonyl (C=O) groups excluding carboxylic acids is 2. The van der Waals surface area contributed by atoms with Crippen molar-refractivity contribution in [3.05, 3.63) is 20.9 Å². The van der Waals surface area contributed by atoms with Gasteiger partial charge in [-0.05, 0) is 21.3 Å². The average molecular weight is 168 g/mol. The summed E-state index contributed by atoms with van der Waals surface area (Å²) < 4.78 is 0. The Bertz CT molecular complexity index is 254. The molecule has 12 heavy (non-hydrogen) atoms. The van der Waals surface area contributed by atoms with Crippen LogP contribution in [0.3, 0.4) is 0 Å². The summed E-state index contributed by atoms with van der Waals surface area (Å²) in [7, 11) is 0. The predicted molar refractivity (Wildman–Crippen MR) is 37.5 cm³/mol. The van der Waals surface area contributed by atoms with E-state index in [2.05, 4.69) is 20.1 Å². The molecule has 0 radical (unpaired) electrons. The zero-order chi connectivity index (χ0) is 9.40. The molecule has 62 valence electrons. The Balaban J connectivity index is 3.83. The first-order chi connectivity index (χ1) is 5.70. The monoisotopic (exact) mass is 168 g/mol. The minimum Gasteiger partial charge on any atom is -0.293 e. The Hall–Kier alpha value is -2.04. The summed E-state index contributed by atoms with van der Waals surface area (Å²) in [4.78, 5) is 25.3. The van der Waals surface area contributed by atoms with Crippen molar-refractivity contribution in [2.45, 2.75) is 12.8 Å². The molecule has 0 spiro atoms. The molecule has 0 aromatic heterocycles. The molecule has 0 bridgehead atoms. The van der Waals surface area contributed by atoms with Crippen LogP contribution in [0, 0.1) is 0 Å². The molecule has 0 atom stereocenters. The Labute approximate surface area is 66.4 Å². The topological polar surface area (TPSA) is 132 Å². The number of nitrogens with zero attached hydrogens (tertiary/aromatic N) is 6. The third kappa shape index (κ3) is 4.80. The highest BCUT2D eigenvalue weighted by molar-refractivity contribution is 5.84. The third-order valence-electron chi connectivity index (χ3n) is 0.865. The molecule has 8 heteroatoms. The van der Waals surface area contributed by atoms with Gasteiger partial charge in [-0.3, -0.25) is 9.59 Å². The molecule has 0 saturated heterocycles. The SMILES string of the molecule is [N-]=[N+]=NC(=O)CCC(=O)N=[N+]=[N-]. The fraction of sp³-hybridized carbons (Fsp3) is 0.500. The third-order valence-corrected chi connectivity index (χ3v) is 0.865. The van der Waals surface area contributed by atoms with Crippen LogP contribution in [0.5, 0.6) is 0 Å². The number of rotatable bonds is 3. The Morgan fingerprint density at radius 3 is 1.58 bits per heavy atom. The van der Waals surface area contributed by atoms with Crippen molar-refractivity contribution in [1.29, 1.82) is 0 Å². The molecule has 0 saturated carbocycles. The summed E-state index contributed by atoms with van der Waals surface area (Å²) in [6.07, 6.45) is -0.468. The van der Waals surface area contributed by atoms with Crippen LogP contribution in [0.15, 0.2) is 10.2 Å². The van der Waals surface area contributed by atoms with Crippen LogP contribution in [0.2, 0.25) is 0 Å². The summed E-state index contributed by atoms with van der Waals surface area (Å²) in [5.74, 6) is -1.50. The van der Waals surface area contributed by atoms with Gasteiger partial charge in [0.05, 0.1) is 0 Å². The average Bonchev–Trinajstić information content (AvgIpc) is 2.02. The molecule has 0 N–H and O–H groups in total. The highest BCUT2D eigenvalue weighted by atomic mass is 16.2. The van der Waals surface area contributed by atoms with E-state index in [-0.39, 0.29) is 12.8 Å². The van der Waals surface area contributed by atoms with Crippen LogP contribution in [-0.2, 0) is 9.59 Å².